The van der Waals surface area contributed by atoms with Crippen LogP contribution in [0, 0.1) is 4.78 Å². The number of amides is 1. The molecule has 0 saturated carbocycles. The fourth-order valence-corrected chi connectivity index (χ4v) is 3.82. The molecule has 0 saturated heterocycles. The summed E-state index contributed by atoms with van der Waals surface area (Å²) in [5.41, 5.74) is 3.62. The third kappa shape index (κ3) is 2.90. The predicted octanol–water partition coefficient (Wildman–Crippen LogP) is 3.19. The van der Waals surface area contributed by atoms with Crippen molar-refractivity contribution in [2.75, 3.05) is 11.9 Å². The highest BCUT2D eigenvalue weighted by molar-refractivity contribution is 7.99. The number of aromatic nitrogens is 1. The Hall–Kier alpha value is -2.61. The van der Waals surface area contributed by atoms with E-state index in [1.165, 1.54) is 0 Å². The number of aliphatic imine (C=N–C) groups is 1. The summed E-state index contributed by atoms with van der Waals surface area (Å²) < 4.78 is 8.04. The lowest BCUT2D eigenvalue weighted by molar-refractivity contribution is -0.114. The summed E-state index contributed by atoms with van der Waals surface area (Å²) in [6.07, 6.45) is 0. The van der Waals surface area contributed by atoms with E-state index in [9.17, 15) is 4.79 Å². The lowest BCUT2D eigenvalue weighted by atomic mass is 10.1. The van der Waals surface area contributed by atoms with E-state index < -0.39 is 9.60 Å². The summed E-state index contributed by atoms with van der Waals surface area (Å²) in [6, 6.07) is 12.7. The Morgan fingerprint density at radius 2 is 2.08 bits per heavy atom. The molecule has 0 spiro atoms. The lowest BCUT2D eigenvalue weighted by Crippen LogP contribution is -2.13. The Bertz CT molecular complexity index is 1190. The second kappa shape index (κ2) is 5.98. The molecule has 8 heteroatoms. The molecule has 5 N–H and O–H groups in total. The second-order valence-electron chi connectivity index (χ2n) is 6.10. The molecule has 0 aliphatic carbocycles. The highest BCUT2D eigenvalue weighted by Crippen LogP contribution is 2.33. The van der Waals surface area contributed by atoms with Gasteiger partial charge < -0.3 is 10.3 Å². The summed E-state index contributed by atoms with van der Waals surface area (Å²) in [6.45, 7) is 0.00994. The molecule has 1 aliphatic heterocycles. The Morgan fingerprint density at radius 3 is 2.85 bits per heavy atom. The topological polar surface area (TPSA) is 107 Å². The zero-order valence-corrected chi connectivity index (χ0v) is 15.2. The molecular weight excluding hydrogens is 370 g/mol. The van der Waals surface area contributed by atoms with Crippen molar-refractivity contribution in [3.8, 4) is 0 Å². The molecule has 0 fully saturated rings. The Labute approximate surface area is 155 Å². The molecule has 0 bridgehead atoms. The minimum Gasteiger partial charge on any atom is -0.351 e. The standard InChI is InChI=1S/C18H16ClN5OS/c1-26(20,21)12-4-2-3-10(7-12)16-18-17(24-15(25)9-22-16)13-8-11(19)5-6-14(13)23-18/h2-8,23H,1,9H2,(H3,20,21)(H,24,25). The van der Waals surface area contributed by atoms with Crippen molar-refractivity contribution in [3.05, 3.63) is 58.7 Å². The van der Waals surface area contributed by atoms with E-state index in [1.807, 2.05) is 24.3 Å². The zero-order valence-electron chi connectivity index (χ0n) is 13.7. The van der Waals surface area contributed by atoms with Crippen molar-refractivity contribution < 1.29 is 4.79 Å². The van der Waals surface area contributed by atoms with Gasteiger partial charge in [-0.15, -0.1) is 0 Å². The molecule has 1 atom stereocenters. The molecule has 26 heavy (non-hydrogen) atoms. The van der Waals surface area contributed by atoms with E-state index in [2.05, 4.69) is 21.2 Å². The number of carbonyl (C=O) groups is 1. The van der Waals surface area contributed by atoms with Crippen molar-refractivity contribution in [2.45, 2.75) is 4.90 Å². The van der Waals surface area contributed by atoms with Gasteiger partial charge in [0.05, 0.1) is 17.1 Å². The lowest BCUT2D eigenvalue weighted by Gasteiger charge is -2.10. The number of nitrogens with one attached hydrogen (secondary N) is 3. The number of hydrogen-bond donors (Lipinski definition) is 4. The quantitative estimate of drug-likeness (QED) is 0.508. The molecule has 4 rings (SSSR count). The van der Waals surface area contributed by atoms with E-state index in [-0.39, 0.29) is 12.5 Å². The monoisotopic (exact) mass is 385 g/mol. The van der Waals surface area contributed by atoms with Crippen molar-refractivity contribution in [1.29, 1.82) is 4.78 Å². The van der Waals surface area contributed by atoms with E-state index >= 15 is 0 Å². The van der Waals surface area contributed by atoms with E-state index in [0.29, 0.717) is 27.0 Å². The second-order valence-corrected chi connectivity index (χ2v) is 8.59. The number of halogens is 1. The molecule has 132 valence electrons. The van der Waals surface area contributed by atoms with Crippen LogP contribution in [0.5, 0.6) is 0 Å². The summed E-state index contributed by atoms with van der Waals surface area (Å²) >= 11 is 6.12. The van der Waals surface area contributed by atoms with Crippen LogP contribution in [-0.4, -0.2) is 29.0 Å². The Kier molecular flexibility index (Phi) is 3.87. The number of fused-ring (bicyclic) bond motifs is 3. The maximum Gasteiger partial charge on any atom is 0.246 e. The first-order valence-corrected chi connectivity index (χ1v) is 10.0. The van der Waals surface area contributed by atoms with Gasteiger partial charge >= 0.3 is 0 Å². The number of hydrogen-bond acceptors (Lipinski definition) is 3. The highest BCUT2D eigenvalue weighted by Gasteiger charge is 2.23. The van der Waals surface area contributed by atoms with Crippen LogP contribution in [0.1, 0.15) is 11.3 Å². The third-order valence-electron chi connectivity index (χ3n) is 4.17. The predicted molar refractivity (Wildman–Crippen MR) is 109 cm³/mol. The maximum atomic E-state index is 12.2. The number of aromatic amines is 1. The average molecular weight is 386 g/mol. The van der Waals surface area contributed by atoms with Gasteiger partial charge in [0.2, 0.25) is 5.91 Å². The molecule has 2 aromatic carbocycles. The number of benzene rings is 2. The van der Waals surface area contributed by atoms with Gasteiger partial charge in [-0.1, -0.05) is 33.3 Å². The first-order valence-electron chi connectivity index (χ1n) is 7.78. The van der Waals surface area contributed by atoms with Gasteiger partial charge in [-0.05, 0) is 36.2 Å². The molecule has 2 heterocycles. The molecule has 1 amide bonds. The van der Waals surface area contributed by atoms with Crippen LogP contribution in [-0.2, 0) is 14.4 Å². The largest absolute Gasteiger partial charge is 0.351 e. The van der Waals surface area contributed by atoms with E-state index in [0.717, 1.165) is 16.5 Å². The fourth-order valence-electron chi connectivity index (χ4n) is 2.99. The van der Waals surface area contributed by atoms with Crippen LogP contribution in [0.3, 0.4) is 0 Å². The van der Waals surface area contributed by atoms with Crippen LogP contribution in [0.4, 0.5) is 5.69 Å². The van der Waals surface area contributed by atoms with Crippen molar-refractivity contribution in [3.63, 3.8) is 0 Å². The van der Waals surface area contributed by atoms with Gasteiger partial charge in [-0.2, -0.15) is 0 Å². The van der Waals surface area contributed by atoms with Crippen LogP contribution < -0.4 is 10.5 Å². The van der Waals surface area contributed by atoms with Gasteiger partial charge in [0.1, 0.15) is 6.54 Å². The molecule has 3 aromatic rings. The summed E-state index contributed by atoms with van der Waals surface area (Å²) in [4.78, 5) is 20.6. The van der Waals surface area contributed by atoms with Crippen LogP contribution in [0.25, 0.3) is 10.9 Å². The van der Waals surface area contributed by atoms with Gasteiger partial charge in [0.15, 0.2) is 0 Å². The summed E-state index contributed by atoms with van der Waals surface area (Å²) in [5.74, 6) is 3.55. The van der Waals surface area contributed by atoms with Gasteiger partial charge in [-0.3, -0.25) is 19.7 Å². The minimum atomic E-state index is -2.36. The molecule has 1 unspecified atom stereocenters. The number of rotatable bonds is 2. The normalized spacial score (nSPS) is 16.4. The highest BCUT2D eigenvalue weighted by atomic mass is 35.5. The zero-order chi connectivity index (χ0) is 18.5. The number of H-pyrrole nitrogens is 1. The van der Waals surface area contributed by atoms with Crippen molar-refractivity contribution in [1.82, 2.24) is 4.98 Å². The minimum absolute atomic E-state index is 0.00994. The third-order valence-corrected chi connectivity index (χ3v) is 5.50. The molecule has 6 nitrogen and oxygen atoms in total. The SMILES string of the molecule is C=S(=N)(N)c1cccc(C2=NCC(=O)Nc3c2[nH]c2ccc(Cl)cc32)c1. The smallest absolute Gasteiger partial charge is 0.246 e. The fraction of sp³-hybridized carbons (Fsp3) is 0.0556. The summed E-state index contributed by atoms with van der Waals surface area (Å²) in [5, 5.41) is 10.2. The van der Waals surface area contributed by atoms with Crippen molar-refractivity contribution >= 4 is 55.3 Å². The van der Waals surface area contributed by atoms with Gasteiger partial charge in [0.25, 0.3) is 0 Å². The first kappa shape index (κ1) is 16.8. The Balaban J connectivity index is 1.96. The maximum absolute atomic E-state index is 12.2. The van der Waals surface area contributed by atoms with Crippen LogP contribution in [0.2, 0.25) is 5.02 Å². The van der Waals surface area contributed by atoms with Gasteiger partial charge in [-0.25, -0.2) is 0 Å². The molecular formula is C18H16ClN5OS. The first-order chi connectivity index (χ1) is 12.3. The molecule has 0 radical (unpaired) electrons. The van der Waals surface area contributed by atoms with Crippen molar-refractivity contribution in [2.24, 2.45) is 10.1 Å². The average Bonchev–Trinajstić information content (AvgIpc) is 2.83. The number of nitrogens with two attached hydrogens (primary N) is 1. The summed E-state index contributed by atoms with van der Waals surface area (Å²) in [7, 11) is -2.36. The van der Waals surface area contributed by atoms with Crippen LogP contribution >= 0.6 is 11.6 Å². The van der Waals surface area contributed by atoms with E-state index in [4.69, 9.17) is 21.5 Å². The van der Waals surface area contributed by atoms with Gasteiger partial charge in [0, 0.05) is 26.4 Å². The number of carbonyl (C=O) groups excluding carboxylic acids is 1. The Morgan fingerprint density at radius 1 is 1.27 bits per heavy atom. The van der Waals surface area contributed by atoms with E-state index in [1.54, 1.807) is 18.2 Å². The van der Waals surface area contributed by atoms with Crippen LogP contribution in [0.15, 0.2) is 52.4 Å². The molecule has 1 aliphatic rings. The molecule has 1 aromatic heterocycles. The number of nitrogens with zero attached hydrogens (tertiary/aromatic N) is 1. The number of anilines is 1.